The molecule has 0 spiro atoms. The summed E-state index contributed by atoms with van der Waals surface area (Å²) in [6, 6.07) is 11.5. The van der Waals surface area contributed by atoms with Crippen molar-refractivity contribution in [1.29, 1.82) is 0 Å². The van der Waals surface area contributed by atoms with E-state index in [1.807, 2.05) is 43.3 Å². The molecule has 0 bridgehead atoms. The molecule has 2 rings (SSSR count). The molecule has 1 amide bonds. The third kappa shape index (κ3) is 5.37. The molecule has 0 aliphatic carbocycles. The number of hydrogen-bond donors (Lipinski definition) is 2. The molecule has 0 fully saturated rings. The molecule has 0 aliphatic heterocycles. The fraction of sp³-hybridized carbons (Fsp3) is 0.294. The van der Waals surface area contributed by atoms with Crippen molar-refractivity contribution in [2.24, 2.45) is 0 Å². The molecule has 2 aromatic rings. The van der Waals surface area contributed by atoms with E-state index in [9.17, 15) is 4.79 Å². The Morgan fingerprint density at radius 1 is 1.18 bits per heavy atom. The SMILES string of the molecule is CCCC(=O)Nc1ccc(NCCc2ccc(Cl)cc2)nc1. The number of hydrogen-bond acceptors (Lipinski definition) is 3. The summed E-state index contributed by atoms with van der Waals surface area (Å²) in [5.41, 5.74) is 1.95. The monoisotopic (exact) mass is 317 g/mol. The number of carbonyl (C=O) groups excluding carboxylic acids is 1. The second kappa shape index (κ2) is 8.39. The average Bonchev–Trinajstić information content (AvgIpc) is 2.51. The van der Waals surface area contributed by atoms with Crippen LogP contribution in [0.5, 0.6) is 0 Å². The van der Waals surface area contributed by atoms with Gasteiger partial charge in [-0.15, -0.1) is 0 Å². The molecule has 0 radical (unpaired) electrons. The molecular formula is C17H20ClN3O. The minimum absolute atomic E-state index is 0.0211. The van der Waals surface area contributed by atoms with Crippen molar-refractivity contribution in [3.63, 3.8) is 0 Å². The number of rotatable bonds is 7. The first-order chi connectivity index (χ1) is 10.7. The Balaban J connectivity index is 1.78. The number of nitrogens with one attached hydrogen (secondary N) is 2. The van der Waals surface area contributed by atoms with Crippen LogP contribution < -0.4 is 10.6 Å². The van der Waals surface area contributed by atoms with E-state index < -0.39 is 0 Å². The molecule has 0 saturated heterocycles. The van der Waals surface area contributed by atoms with Gasteiger partial charge in [-0.2, -0.15) is 0 Å². The summed E-state index contributed by atoms with van der Waals surface area (Å²) in [4.78, 5) is 15.8. The highest BCUT2D eigenvalue weighted by atomic mass is 35.5. The number of aromatic nitrogens is 1. The van der Waals surface area contributed by atoms with E-state index in [4.69, 9.17) is 11.6 Å². The molecule has 2 N–H and O–H groups in total. The smallest absolute Gasteiger partial charge is 0.224 e. The molecule has 5 heteroatoms. The predicted molar refractivity (Wildman–Crippen MR) is 91.4 cm³/mol. The lowest BCUT2D eigenvalue weighted by molar-refractivity contribution is -0.116. The zero-order valence-electron chi connectivity index (χ0n) is 12.6. The quantitative estimate of drug-likeness (QED) is 0.807. The van der Waals surface area contributed by atoms with E-state index in [1.54, 1.807) is 6.20 Å². The minimum atomic E-state index is 0.0211. The fourth-order valence-electron chi connectivity index (χ4n) is 2.01. The van der Waals surface area contributed by atoms with Gasteiger partial charge < -0.3 is 10.6 Å². The third-order valence-electron chi connectivity index (χ3n) is 3.16. The topological polar surface area (TPSA) is 54.0 Å². The molecule has 1 aromatic carbocycles. The molecule has 1 aromatic heterocycles. The van der Waals surface area contributed by atoms with E-state index in [2.05, 4.69) is 15.6 Å². The Labute approximate surface area is 135 Å². The van der Waals surface area contributed by atoms with Gasteiger partial charge >= 0.3 is 0 Å². The number of amides is 1. The van der Waals surface area contributed by atoms with E-state index in [1.165, 1.54) is 5.56 Å². The maximum Gasteiger partial charge on any atom is 0.224 e. The van der Waals surface area contributed by atoms with Crippen molar-refractivity contribution < 1.29 is 4.79 Å². The highest BCUT2D eigenvalue weighted by molar-refractivity contribution is 6.30. The van der Waals surface area contributed by atoms with Gasteiger partial charge in [-0.1, -0.05) is 30.7 Å². The van der Waals surface area contributed by atoms with E-state index in [0.29, 0.717) is 6.42 Å². The number of carbonyl (C=O) groups is 1. The van der Waals surface area contributed by atoms with Gasteiger partial charge in [0.05, 0.1) is 11.9 Å². The summed E-state index contributed by atoms with van der Waals surface area (Å²) in [6.45, 7) is 2.77. The van der Waals surface area contributed by atoms with Gasteiger partial charge in [0.25, 0.3) is 0 Å². The summed E-state index contributed by atoms with van der Waals surface area (Å²) in [7, 11) is 0. The van der Waals surface area contributed by atoms with Crippen LogP contribution in [0.1, 0.15) is 25.3 Å². The number of nitrogens with zero attached hydrogens (tertiary/aromatic N) is 1. The van der Waals surface area contributed by atoms with Crippen molar-refractivity contribution in [1.82, 2.24) is 4.98 Å². The predicted octanol–water partition coefficient (Wildman–Crippen LogP) is 4.13. The van der Waals surface area contributed by atoms with Crippen LogP contribution in [0.15, 0.2) is 42.6 Å². The van der Waals surface area contributed by atoms with E-state index in [-0.39, 0.29) is 5.91 Å². The Bertz CT molecular complexity index is 596. The normalized spacial score (nSPS) is 10.3. The number of pyridine rings is 1. The molecule has 0 unspecified atom stereocenters. The van der Waals surface area contributed by atoms with Crippen LogP contribution in [0.4, 0.5) is 11.5 Å². The third-order valence-corrected chi connectivity index (χ3v) is 3.41. The Morgan fingerprint density at radius 2 is 1.95 bits per heavy atom. The summed E-state index contributed by atoms with van der Waals surface area (Å²) >= 11 is 5.86. The van der Waals surface area contributed by atoms with E-state index in [0.717, 1.165) is 35.9 Å². The van der Waals surface area contributed by atoms with E-state index >= 15 is 0 Å². The van der Waals surface area contributed by atoms with Crippen LogP contribution >= 0.6 is 11.6 Å². The van der Waals surface area contributed by atoms with Crippen molar-refractivity contribution >= 4 is 29.0 Å². The summed E-state index contributed by atoms with van der Waals surface area (Å²) in [5, 5.41) is 6.82. The molecule has 4 nitrogen and oxygen atoms in total. The molecule has 0 aliphatic rings. The molecule has 116 valence electrons. The lowest BCUT2D eigenvalue weighted by atomic mass is 10.1. The van der Waals surface area contributed by atoms with Crippen molar-refractivity contribution in [3.05, 3.63) is 53.2 Å². The minimum Gasteiger partial charge on any atom is -0.370 e. The lowest BCUT2D eigenvalue weighted by Gasteiger charge is -2.08. The highest BCUT2D eigenvalue weighted by Gasteiger charge is 2.01. The molecular weight excluding hydrogens is 298 g/mol. The Hall–Kier alpha value is -2.07. The number of benzene rings is 1. The number of halogens is 1. The largest absolute Gasteiger partial charge is 0.370 e. The second-order valence-corrected chi connectivity index (χ2v) is 5.47. The van der Waals surface area contributed by atoms with Crippen LogP contribution in [0.25, 0.3) is 0 Å². The molecule has 0 atom stereocenters. The van der Waals surface area contributed by atoms with Crippen LogP contribution in [-0.2, 0) is 11.2 Å². The molecule has 22 heavy (non-hydrogen) atoms. The van der Waals surface area contributed by atoms with Gasteiger partial charge in [0.2, 0.25) is 5.91 Å². The first-order valence-electron chi connectivity index (χ1n) is 7.41. The summed E-state index contributed by atoms with van der Waals surface area (Å²) in [6.07, 6.45) is 3.93. The maximum atomic E-state index is 11.5. The number of anilines is 2. The zero-order chi connectivity index (χ0) is 15.8. The maximum absolute atomic E-state index is 11.5. The van der Waals surface area contributed by atoms with Crippen molar-refractivity contribution in [2.75, 3.05) is 17.2 Å². The Morgan fingerprint density at radius 3 is 2.59 bits per heavy atom. The first kappa shape index (κ1) is 16.3. The first-order valence-corrected chi connectivity index (χ1v) is 7.79. The Kier molecular flexibility index (Phi) is 6.22. The summed E-state index contributed by atoms with van der Waals surface area (Å²) < 4.78 is 0. The van der Waals surface area contributed by atoms with Gasteiger partial charge in [0.15, 0.2) is 0 Å². The van der Waals surface area contributed by atoms with Crippen LogP contribution in [0, 0.1) is 0 Å². The van der Waals surface area contributed by atoms with Gasteiger partial charge in [-0.25, -0.2) is 4.98 Å². The molecule has 0 saturated carbocycles. The standard InChI is InChI=1S/C17H20ClN3O/c1-2-3-17(22)21-15-8-9-16(20-12-15)19-11-10-13-4-6-14(18)7-5-13/h4-9,12H,2-3,10-11H2,1H3,(H,19,20)(H,21,22). The van der Waals surface area contributed by atoms with Crippen LogP contribution in [-0.4, -0.2) is 17.4 Å². The second-order valence-electron chi connectivity index (χ2n) is 5.03. The van der Waals surface area contributed by atoms with Crippen LogP contribution in [0.3, 0.4) is 0 Å². The average molecular weight is 318 g/mol. The van der Waals surface area contributed by atoms with Crippen LogP contribution in [0.2, 0.25) is 5.02 Å². The van der Waals surface area contributed by atoms with Crippen molar-refractivity contribution in [2.45, 2.75) is 26.2 Å². The van der Waals surface area contributed by atoms with Gasteiger partial charge in [0.1, 0.15) is 5.82 Å². The van der Waals surface area contributed by atoms with Gasteiger partial charge in [-0.3, -0.25) is 4.79 Å². The molecule has 1 heterocycles. The fourth-order valence-corrected chi connectivity index (χ4v) is 2.13. The highest BCUT2D eigenvalue weighted by Crippen LogP contribution is 2.12. The zero-order valence-corrected chi connectivity index (χ0v) is 13.4. The van der Waals surface area contributed by atoms with Gasteiger partial charge in [0, 0.05) is 18.0 Å². The van der Waals surface area contributed by atoms with Gasteiger partial charge in [-0.05, 0) is 42.7 Å². The lowest BCUT2D eigenvalue weighted by Crippen LogP contribution is -2.11. The summed E-state index contributed by atoms with van der Waals surface area (Å²) in [5.74, 6) is 0.815. The van der Waals surface area contributed by atoms with Crippen molar-refractivity contribution in [3.8, 4) is 0 Å².